The first-order valence-electron chi connectivity index (χ1n) is 5.92. The number of hydrogen-bond acceptors (Lipinski definition) is 3. The van der Waals surface area contributed by atoms with Gasteiger partial charge in [-0.1, -0.05) is 6.92 Å². The minimum atomic E-state index is -1.28. The second-order valence-corrected chi connectivity index (χ2v) is 4.37. The fourth-order valence-corrected chi connectivity index (χ4v) is 1.93. The van der Waals surface area contributed by atoms with E-state index in [1.165, 1.54) is 12.1 Å². The summed E-state index contributed by atoms with van der Waals surface area (Å²) < 4.78 is 14.6. The van der Waals surface area contributed by atoms with Gasteiger partial charge in [-0.3, -0.25) is 9.67 Å². The SMILES string of the molecule is CCCn1nccc1C(C)(O)c1ccc(F)cn1. The van der Waals surface area contributed by atoms with Gasteiger partial charge in [0.1, 0.15) is 11.4 Å². The zero-order chi connectivity index (χ0) is 13.2. The Hall–Kier alpha value is -1.75. The molecule has 1 N–H and O–H groups in total. The normalized spacial score (nSPS) is 14.4. The van der Waals surface area contributed by atoms with Crippen LogP contribution in [0.3, 0.4) is 0 Å². The van der Waals surface area contributed by atoms with Crippen molar-refractivity contribution in [2.45, 2.75) is 32.4 Å². The maximum atomic E-state index is 12.9. The molecule has 0 aromatic carbocycles. The van der Waals surface area contributed by atoms with E-state index in [1.807, 2.05) is 6.92 Å². The summed E-state index contributed by atoms with van der Waals surface area (Å²) in [6.45, 7) is 4.40. The van der Waals surface area contributed by atoms with Gasteiger partial charge in [-0.05, 0) is 31.5 Å². The Labute approximate surface area is 105 Å². The monoisotopic (exact) mass is 249 g/mol. The third kappa shape index (κ3) is 2.26. The molecule has 0 saturated carbocycles. The van der Waals surface area contributed by atoms with Crippen LogP contribution in [0, 0.1) is 5.82 Å². The number of aromatic nitrogens is 3. The number of pyridine rings is 1. The molecular weight excluding hydrogens is 233 g/mol. The van der Waals surface area contributed by atoms with Gasteiger partial charge in [-0.25, -0.2) is 4.39 Å². The summed E-state index contributed by atoms with van der Waals surface area (Å²) in [5, 5.41) is 14.8. The van der Waals surface area contributed by atoms with Gasteiger partial charge in [0.2, 0.25) is 0 Å². The third-order valence-electron chi connectivity index (χ3n) is 2.88. The molecule has 0 aliphatic heterocycles. The van der Waals surface area contributed by atoms with Gasteiger partial charge in [-0.2, -0.15) is 5.10 Å². The summed E-state index contributed by atoms with van der Waals surface area (Å²) >= 11 is 0. The van der Waals surface area contributed by atoms with Crippen molar-refractivity contribution in [1.29, 1.82) is 0 Å². The molecule has 1 unspecified atom stereocenters. The molecule has 0 amide bonds. The van der Waals surface area contributed by atoms with Crippen molar-refractivity contribution >= 4 is 0 Å². The molecule has 96 valence electrons. The molecule has 2 heterocycles. The van der Waals surface area contributed by atoms with Gasteiger partial charge in [0, 0.05) is 12.7 Å². The van der Waals surface area contributed by atoms with Crippen LogP contribution in [0.1, 0.15) is 31.7 Å². The lowest BCUT2D eigenvalue weighted by Gasteiger charge is -2.23. The molecule has 0 bridgehead atoms. The van der Waals surface area contributed by atoms with E-state index in [0.717, 1.165) is 19.2 Å². The van der Waals surface area contributed by atoms with E-state index < -0.39 is 11.4 Å². The molecule has 0 aliphatic carbocycles. The van der Waals surface area contributed by atoms with E-state index in [2.05, 4.69) is 10.1 Å². The number of halogens is 1. The van der Waals surface area contributed by atoms with E-state index >= 15 is 0 Å². The predicted octanol–water partition coefficient (Wildman–Crippen LogP) is 2.08. The topological polar surface area (TPSA) is 50.9 Å². The van der Waals surface area contributed by atoms with Crippen molar-refractivity contribution in [3.8, 4) is 0 Å². The Bertz CT molecular complexity index is 519. The molecule has 5 heteroatoms. The lowest BCUT2D eigenvalue weighted by atomic mass is 9.97. The number of aliphatic hydroxyl groups is 1. The van der Waals surface area contributed by atoms with Crippen LogP contribution in [0.25, 0.3) is 0 Å². The Morgan fingerprint density at radius 2 is 2.17 bits per heavy atom. The molecule has 1 atom stereocenters. The average molecular weight is 249 g/mol. The Morgan fingerprint density at radius 1 is 1.39 bits per heavy atom. The number of hydrogen-bond donors (Lipinski definition) is 1. The van der Waals surface area contributed by atoms with Crippen molar-refractivity contribution in [3.05, 3.63) is 47.8 Å². The van der Waals surface area contributed by atoms with Gasteiger partial charge in [0.25, 0.3) is 0 Å². The second kappa shape index (κ2) is 4.86. The van der Waals surface area contributed by atoms with Crippen LogP contribution in [0.4, 0.5) is 4.39 Å². The van der Waals surface area contributed by atoms with Crippen molar-refractivity contribution in [1.82, 2.24) is 14.8 Å². The van der Waals surface area contributed by atoms with Gasteiger partial charge in [-0.15, -0.1) is 0 Å². The van der Waals surface area contributed by atoms with E-state index in [9.17, 15) is 9.50 Å². The number of nitrogens with zero attached hydrogens (tertiary/aromatic N) is 3. The highest BCUT2D eigenvalue weighted by Gasteiger charge is 2.30. The van der Waals surface area contributed by atoms with Gasteiger partial charge in [0.05, 0.1) is 17.6 Å². The molecule has 0 fully saturated rings. The summed E-state index contributed by atoms with van der Waals surface area (Å²) in [5.74, 6) is -0.420. The first-order chi connectivity index (χ1) is 8.55. The van der Waals surface area contributed by atoms with Crippen LogP contribution < -0.4 is 0 Å². The summed E-state index contributed by atoms with van der Waals surface area (Å²) in [4.78, 5) is 3.94. The zero-order valence-electron chi connectivity index (χ0n) is 10.5. The summed E-state index contributed by atoms with van der Waals surface area (Å²) in [6.07, 6.45) is 3.66. The molecule has 2 rings (SSSR count). The number of rotatable bonds is 4. The fraction of sp³-hybridized carbons (Fsp3) is 0.385. The second-order valence-electron chi connectivity index (χ2n) is 4.37. The Morgan fingerprint density at radius 3 is 2.78 bits per heavy atom. The van der Waals surface area contributed by atoms with Gasteiger partial charge < -0.3 is 5.11 Å². The summed E-state index contributed by atoms with van der Waals surface area (Å²) in [6, 6.07) is 4.52. The lowest BCUT2D eigenvalue weighted by Crippen LogP contribution is -2.28. The standard InChI is InChI=1S/C13H16FN3O/c1-3-8-17-12(6-7-16-17)13(2,18)11-5-4-10(14)9-15-11/h4-7,9,18H,3,8H2,1-2H3. The minimum Gasteiger partial charge on any atom is -0.377 e. The zero-order valence-corrected chi connectivity index (χ0v) is 10.5. The van der Waals surface area contributed by atoms with Crippen LogP contribution in [-0.4, -0.2) is 19.9 Å². The first-order valence-corrected chi connectivity index (χ1v) is 5.92. The van der Waals surface area contributed by atoms with E-state index in [0.29, 0.717) is 11.4 Å². The number of aryl methyl sites for hydroxylation is 1. The van der Waals surface area contributed by atoms with Crippen molar-refractivity contribution in [2.24, 2.45) is 0 Å². The predicted molar refractivity (Wildman–Crippen MR) is 65.4 cm³/mol. The van der Waals surface area contributed by atoms with Crippen molar-refractivity contribution < 1.29 is 9.50 Å². The maximum Gasteiger partial charge on any atom is 0.145 e. The first kappa shape index (κ1) is 12.7. The maximum absolute atomic E-state index is 12.9. The van der Waals surface area contributed by atoms with Gasteiger partial charge >= 0.3 is 0 Å². The Kier molecular flexibility index (Phi) is 3.43. The van der Waals surface area contributed by atoms with E-state index in [-0.39, 0.29) is 0 Å². The molecule has 0 radical (unpaired) electrons. The van der Waals surface area contributed by atoms with Crippen LogP contribution in [0.2, 0.25) is 0 Å². The van der Waals surface area contributed by atoms with Crippen LogP contribution in [-0.2, 0) is 12.1 Å². The molecule has 2 aromatic rings. The highest BCUT2D eigenvalue weighted by molar-refractivity contribution is 5.25. The van der Waals surface area contributed by atoms with Crippen molar-refractivity contribution in [2.75, 3.05) is 0 Å². The molecule has 0 aliphatic rings. The smallest absolute Gasteiger partial charge is 0.145 e. The van der Waals surface area contributed by atoms with Crippen LogP contribution >= 0.6 is 0 Å². The Balaban J connectivity index is 2.40. The summed E-state index contributed by atoms with van der Waals surface area (Å²) in [5.41, 5.74) is -0.218. The highest BCUT2D eigenvalue weighted by Crippen LogP contribution is 2.27. The largest absolute Gasteiger partial charge is 0.377 e. The minimum absolute atomic E-state index is 0.404. The molecule has 18 heavy (non-hydrogen) atoms. The van der Waals surface area contributed by atoms with Crippen molar-refractivity contribution in [3.63, 3.8) is 0 Å². The van der Waals surface area contributed by atoms with E-state index in [4.69, 9.17) is 0 Å². The molecule has 0 saturated heterocycles. The lowest BCUT2D eigenvalue weighted by molar-refractivity contribution is 0.0866. The van der Waals surface area contributed by atoms with Gasteiger partial charge in [0.15, 0.2) is 0 Å². The van der Waals surface area contributed by atoms with E-state index in [1.54, 1.807) is 23.9 Å². The molecule has 4 nitrogen and oxygen atoms in total. The summed E-state index contributed by atoms with van der Waals surface area (Å²) in [7, 11) is 0. The molecule has 0 spiro atoms. The highest BCUT2D eigenvalue weighted by atomic mass is 19.1. The molecular formula is C13H16FN3O. The van der Waals surface area contributed by atoms with Crippen LogP contribution in [0.15, 0.2) is 30.6 Å². The molecule has 2 aromatic heterocycles. The quantitative estimate of drug-likeness (QED) is 0.902. The average Bonchev–Trinajstić information content (AvgIpc) is 2.79. The third-order valence-corrected chi connectivity index (χ3v) is 2.88. The van der Waals surface area contributed by atoms with Crippen LogP contribution in [0.5, 0.6) is 0 Å². The fourth-order valence-electron chi connectivity index (χ4n) is 1.93.